The molecule has 0 saturated heterocycles. The first-order valence-electron chi connectivity index (χ1n) is 3.64. The lowest BCUT2D eigenvalue weighted by Gasteiger charge is -2.29. The molecule has 0 aromatic carbocycles. The summed E-state index contributed by atoms with van der Waals surface area (Å²) in [7, 11) is 2.43. The average Bonchev–Trinajstić information content (AvgIpc) is 2.00. The summed E-state index contributed by atoms with van der Waals surface area (Å²) < 4.78 is 48.2. The van der Waals surface area contributed by atoms with E-state index < -0.39 is 28.7 Å². The van der Waals surface area contributed by atoms with E-state index >= 15 is 0 Å². The molecule has 8 heteroatoms. The van der Waals surface area contributed by atoms with Crippen molar-refractivity contribution in [3.8, 4) is 0 Å². The SMILES string of the molecule is CN(C)C(=O)C(C)(CN(F)F)N(F)F. The molecule has 4 nitrogen and oxygen atoms in total. The van der Waals surface area contributed by atoms with E-state index in [4.69, 9.17) is 0 Å². The van der Waals surface area contributed by atoms with Crippen molar-refractivity contribution in [3.63, 3.8) is 0 Å². The normalized spacial score (nSPS) is 15.8. The predicted octanol–water partition coefficient (Wildman–Crippen LogP) is 0.975. The number of rotatable bonds is 4. The van der Waals surface area contributed by atoms with Crippen molar-refractivity contribution >= 4 is 5.91 Å². The fourth-order valence-electron chi connectivity index (χ4n) is 0.908. The molecule has 1 atom stereocenters. The van der Waals surface area contributed by atoms with Gasteiger partial charge in [0.1, 0.15) is 0 Å². The van der Waals surface area contributed by atoms with Crippen LogP contribution in [0.15, 0.2) is 0 Å². The summed E-state index contributed by atoms with van der Waals surface area (Å²) in [5.41, 5.74) is -2.53. The summed E-state index contributed by atoms with van der Waals surface area (Å²) in [5.74, 6) is -1.09. The highest BCUT2D eigenvalue weighted by Crippen LogP contribution is 2.20. The van der Waals surface area contributed by atoms with Crippen LogP contribution in [0.1, 0.15) is 6.92 Å². The van der Waals surface area contributed by atoms with Crippen molar-refractivity contribution in [2.75, 3.05) is 20.6 Å². The maximum Gasteiger partial charge on any atom is 0.249 e. The molecule has 0 saturated carbocycles. The molecule has 0 radical (unpaired) electrons. The quantitative estimate of drug-likeness (QED) is 0.518. The van der Waals surface area contributed by atoms with Gasteiger partial charge in [0.05, 0.1) is 6.54 Å². The second-order valence-corrected chi connectivity index (χ2v) is 3.17. The van der Waals surface area contributed by atoms with Gasteiger partial charge in [-0.05, 0) is 6.92 Å². The van der Waals surface area contributed by atoms with E-state index in [2.05, 4.69) is 0 Å². The lowest BCUT2D eigenvalue weighted by molar-refractivity contribution is -0.260. The Balaban J connectivity index is 4.80. The Kier molecular flexibility index (Phi) is 4.27. The van der Waals surface area contributed by atoms with E-state index in [0.717, 1.165) is 11.8 Å². The van der Waals surface area contributed by atoms with Crippen molar-refractivity contribution in [1.29, 1.82) is 0 Å². The molecule has 0 aromatic rings. The van der Waals surface area contributed by atoms with Gasteiger partial charge in [0, 0.05) is 24.8 Å². The third-order valence-corrected chi connectivity index (χ3v) is 1.67. The third-order valence-electron chi connectivity index (χ3n) is 1.67. The smallest absolute Gasteiger partial charge is 0.249 e. The molecule has 0 fully saturated rings. The molecule has 0 aliphatic rings. The Morgan fingerprint density at radius 2 is 1.64 bits per heavy atom. The number of likely N-dealkylation sites (N-methyl/N-ethyl adjacent to an activating group) is 1. The fraction of sp³-hybridized carbons (Fsp3) is 0.833. The number of halogens is 4. The van der Waals surface area contributed by atoms with E-state index in [1.807, 2.05) is 0 Å². The van der Waals surface area contributed by atoms with Gasteiger partial charge >= 0.3 is 0 Å². The number of amides is 1. The van der Waals surface area contributed by atoms with Gasteiger partial charge in [-0.3, -0.25) is 4.79 Å². The van der Waals surface area contributed by atoms with E-state index in [1.165, 1.54) is 14.1 Å². The summed E-state index contributed by atoms with van der Waals surface area (Å²) in [6.45, 7) is -0.626. The van der Waals surface area contributed by atoms with E-state index in [1.54, 1.807) is 0 Å². The monoisotopic (exact) mass is 217 g/mol. The van der Waals surface area contributed by atoms with E-state index in [0.29, 0.717) is 0 Å². The number of carbonyl (C=O) groups is 1. The van der Waals surface area contributed by atoms with Gasteiger partial charge in [-0.25, -0.2) is 0 Å². The molecule has 0 spiro atoms. The molecule has 14 heavy (non-hydrogen) atoms. The van der Waals surface area contributed by atoms with Crippen LogP contribution in [-0.4, -0.2) is 47.7 Å². The molecule has 0 aliphatic carbocycles. The Hall–Kier alpha value is -0.890. The molecule has 0 rings (SSSR count). The standard InChI is InChI=1S/C6H11F4N3O/c1-6(13(9)10,4-12(7)8)5(14)11(2)3/h4H2,1-3H3. The molecular formula is C6H11F4N3O. The van der Waals surface area contributed by atoms with Gasteiger partial charge in [-0.2, -0.15) is 0 Å². The van der Waals surface area contributed by atoms with Crippen molar-refractivity contribution in [1.82, 2.24) is 15.6 Å². The van der Waals surface area contributed by atoms with Crippen LogP contribution in [0.4, 0.5) is 17.9 Å². The van der Waals surface area contributed by atoms with Crippen molar-refractivity contribution in [2.45, 2.75) is 12.5 Å². The summed E-state index contributed by atoms with van der Waals surface area (Å²) in [6, 6.07) is 0. The Labute approximate surface area is 78.4 Å². The minimum atomic E-state index is -2.53. The van der Waals surface area contributed by atoms with E-state index in [-0.39, 0.29) is 0 Å². The second kappa shape index (κ2) is 4.56. The van der Waals surface area contributed by atoms with Crippen LogP contribution in [0.2, 0.25) is 0 Å². The predicted molar refractivity (Wildman–Crippen MR) is 40.1 cm³/mol. The fourth-order valence-corrected chi connectivity index (χ4v) is 0.908. The highest BCUT2D eigenvalue weighted by Gasteiger charge is 2.45. The zero-order valence-corrected chi connectivity index (χ0v) is 7.97. The van der Waals surface area contributed by atoms with Gasteiger partial charge in [0.15, 0.2) is 5.54 Å². The van der Waals surface area contributed by atoms with Gasteiger partial charge in [0.2, 0.25) is 5.91 Å². The Morgan fingerprint density at radius 3 is 1.86 bits per heavy atom. The van der Waals surface area contributed by atoms with Crippen LogP contribution in [0.5, 0.6) is 0 Å². The molecule has 0 aliphatic heterocycles. The minimum absolute atomic E-state index is 0.738. The maximum absolute atomic E-state index is 12.3. The molecule has 0 heterocycles. The summed E-state index contributed by atoms with van der Waals surface area (Å²) in [4.78, 5) is 12.0. The van der Waals surface area contributed by atoms with Crippen LogP contribution in [0.25, 0.3) is 0 Å². The number of carbonyl (C=O) groups excluding carboxylic acids is 1. The summed E-state index contributed by atoms with van der Waals surface area (Å²) in [5, 5.41) is -2.96. The second-order valence-electron chi connectivity index (χ2n) is 3.17. The highest BCUT2D eigenvalue weighted by molar-refractivity contribution is 5.85. The molecular weight excluding hydrogens is 206 g/mol. The molecule has 1 amide bonds. The van der Waals surface area contributed by atoms with Crippen LogP contribution < -0.4 is 0 Å². The van der Waals surface area contributed by atoms with Crippen molar-refractivity contribution in [3.05, 3.63) is 0 Å². The summed E-state index contributed by atoms with van der Waals surface area (Å²) >= 11 is 0. The molecule has 0 bridgehead atoms. The summed E-state index contributed by atoms with van der Waals surface area (Å²) in [6.07, 6.45) is 0. The first-order chi connectivity index (χ1) is 6.21. The zero-order chi connectivity index (χ0) is 11.5. The first kappa shape index (κ1) is 13.1. The third kappa shape index (κ3) is 2.81. The van der Waals surface area contributed by atoms with Crippen LogP contribution in [-0.2, 0) is 4.79 Å². The topological polar surface area (TPSA) is 26.8 Å². The number of nitrogens with zero attached hydrogens (tertiary/aromatic N) is 3. The van der Waals surface area contributed by atoms with Crippen molar-refractivity contribution in [2.24, 2.45) is 0 Å². The molecule has 84 valence electrons. The van der Waals surface area contributed by atoms with E-state index in [9.17, 15) is 22.7 Å². The highest BCUT2D eigenvalue weighted by atomic mass is 19.4. The Morgan fingerprint density at radius 1 is 1.21 bits per heavy atom. The van der Waals surface area contributed by atoms with Crippen LogP contribution >= 0.6 is 0 Å². The van der Waals surface area contributed by atoms with Crippen LogP contribution in [0.3, 0.4) is 0 Å². The average molecular weight is 217 g/mol. The number of hydrogen-bond acceptors (Lipinski definition) is 3. The Bertz CT molecular complexity index is 211. The van der Waals surface area contributed by atoms with Crippen molar-refractivity contribution < 1.29 is 22.7 Å². The first-order valence-corrected chi connectivity index (χ1v) is 3.64. The van der Waals surface area contributed by atoms with Gasteiger partial charge < -0.3 is 4.90 Å². The molecule has 0 aromatic heterocycles. The molecule has 1 unspecified atom stereocenters. The number of hydrogen-bond donors (Lipinski definition) is 0. The lowest BCUT2D eigenvalue weighted by atomic mass is 10.0. The van der Waals surface area contributed by atoms with Gasteiger partial charge in [0.25, 0.3) is 0 Å². The van der Waals surface area contributed by atoms with Gasteiger partial charge in [-0.15, -0.1) is 17.9 Å². The zero-order valence-electron chi connectivity index (χ0n) is 7.97. The van der Waals surface area contributed by atoms with Gasteiger partial charge in [-0.1, -0.05) is 0 Å². The molecule has 0 N–H and O–H groups in total. The lowest BCUT2D eigenvalue weighted by Crippen LogP contribution is -2.55. The maximum atomic E-state index is 12.3. The largest absolute Gasteiger partial charge is 0.347 e. The minimum Gasteiger partial charge on any atom is -0.347 e. The van der Waals surface area contributed by atoms with Crippen LogP contribution in [0, 0.1) is 0 Å².